The van der Waals surface area contributed by atoms with Crippen LogP contribution in [0.4, 0.5) is 0 Å². The van der Waals surface area contributed by atoms with E-state index in [2.05, 4.69) is 33.9 Å². The van der Waals surface area contributed by atoms with Crippen molar-refractivity contribution in [2.24, 2.45) is 0 Å². The van der Waals surface area contributed by atoms with Gasteiger partial charge in [0.25, 0.3) is 0 Å². The Morgan fingerprint density at radius 3 is 2.88 bits per heavy atom. The van der Waals surface area contributed by atoms with Gasteiger partial charge in [-0.1, -0.05) is 30.7 Å². The maximum atomic E-state index is 8.79. The van der Waals surface area contributed by atoms with E-state index in [9.17, 15) is 0 Å². The third kappa shape index (κ3) is 5.07. The fourth-order valence-corrected chi connectivity index (χ4v) is 4.15. The van der Waals surface area contributed by atoms with Gasteiger partial charge in [-0.25, -0.2) is 0 Å². The molecule has 0 spiro atoms. The number of likely N-dealkylation sites (tertiary alicyclic amines) is 1. The molecular formula is C22H29N3O. The fraction of sp³-hybridized carbons (Fsp3) is 0.636. The van der Waals surface area contributed by atoms with Gasteiger partial charge in [0.2, 0.25) is 0 Å². The van der Waals surface area contributed by atoms with Crippen LogP contribution >= 0.6 is 0 Å². The molecule has 0 radical (unpaired) electrons. The third-order valence-corrected chi connectivity index (χ3v) is 5.53. The van der Waals surface area contributed by atoms with Crippen LogP contribution in [0.15, 0.2) is 24.5 Å². The first kappa shape index (κ1) is 18.9. The Morgan fingerprint density at radius 1 is 1.23 bits per heavy atom. The lowest BCUT2D eigenvalue weighted by Crippen LogP contribution is -2.36. The maximum Gasteiger partial charge on any atom is 0.128 e. The summed E-state index contributed by atoms with van der Waals surface area (Å²) in [6, 6.07) is 6.79. The number of nitriles is 1. The highest BCUT2D eigenvalue weighted by molar-refractivity contribution is 5.19. The van der Waals surface area contributed by atoms with Crippen LogP contribution in [0, 0.1) is 23.2 Å². The fourth-order valence-electron chi connectivity index (χ4n) is 4.15. The first-order valence-corrected chi connectivity index (χ1v) is 9.98. The van der Waals surface area contributed by atoms with Crippen molar-refractivity contribution >= 4 is 0 Å². The standard InChI is InChI=1S/C22H29N3O/c23-14-8-18-26-22(11-3-1-4-12-22)13-7-17-25-16-5-2-10-21(25)20-9-6-15-24-19-20/h6,9,15,19,21H,1-5,8,10-12,16-18H2/t21-/m0/s1. The molecule has 0 aromatic carbocycles. The van der Waals surface area contributed by atoms with Gasteiger partial charge in [0.05, 0.1) is 25.6 Å². The van der Waals surface area contributed by atoms with Gasteiger partial charge in [-0.15, -0.1) is 0 Å². The molecule has 3 rings (SSSR count). The Bertz CT molecular complexity index is 649. The van der Waals surface area contributed by atoms with E-state index >= 15 is 0 Å². The van der Waals surface area contributed by atoms with E-state index in [-0.39, 0.29) is 5.60 Å². The molecule has 2 fully saturated rings. The van der Waals surface area contributed by atoms with Crippen molar-refractivity contribution in [3.63, 3.8) is 0 Å². The number of hydrogen-bond donors (Lipinski definition) is 0. The summed E-state index contributed by atoms with van der Waals surface area (Å²) in [6.07, 6.45) is 13.6. The van der Waals surface area contributed by atoms with Crippen LogP contribution < -0.4 is 0 Å². The van der Waals surface area contributed by atoms with E-state index in [1.54, 1.807) is 0 Å². The molecule has 1 atom stereocenters. The Labute approximate surface area is 157 Å². The molecule has 26 heavy (non-hydrogen) atoms. The number of pyridine rings is 1. The van der Waals surface area contributed by atoms with Gasteiger partial charge in [0, 0.05) is 18.4 Å². The molecule has 0 N–H and O–H groups in total. The molecule has 1 saturated heterocycles. The molecule has 2 heterocycles. The van der Waals surface area contributed by atoms with Crippen LogP contribution in [-0.4, -0.2) is 35.2 Å². The average Bonchev–Trinajstić information content (AvgIpc) is 2.70. The molecule has 1 aliphatic heterocycles. The number of nitrogens with zero attached hydrogens (tertiary/aromatic N) is 3. The van der Waals surface area contributed by atoms with Crippen LogP contribution in [0.1, 0.15) is 69.4 Å². The Morgan fingerprint density at radius 2 is 2.12 bits per heavy atom. The average molecular weight is 351 g/mol. The van der Waals surface area contributed by atoms with Crippen molar-refractivity contribution in [1.82, 2.24) is 9.88 Å². The van der Waals surface area contributed by atoms with Gasteiger partial charge in [-0.05, 0) is 56.7 Å². The van der Waals surface area contributed by atoms with E-state index in [4.69, 9.17) is 10.00 Å². The summed E-state index contributed by atoms with van der Waals surface area (Å²) >= 11 is 0. The largest absolute Gasteiger partial charge is 0.361 e. The highest BCUT2D eigenvalue weighted by Crippen LogP contribution is 2.32. The van der Waals surface area contributed by atoms with E-state index in [0.717, 1.165) is 25.9 Å². The number of hydrogen-bond acceptors (Lipinski definition) is 4. The second-order valence-electron chi connectivity index (χ2n) is 7.38. The summed E-state index contributed by atoms with van der Waals surface area (Å²) in [6.45, 7) is 2.37. The third-order valence-electron chi connectivity index (χ3n) is 5.53. The van der Waals surface area contributed by atoms with E-state index < -0.39 is 0 Å². The Kier molecular flexibility index (Phi) is 7.06. The number of aromatic nitrogens is 1. The molecule has 0 bridgehead atoms. The first-order valence-electron chi connectivity index (χ1n) is 9.98. The summed E-state index contributed by atoms with van der Waals surface area (Å²) < 4.78 is 6.09. The number of ether oxygens (including phenoxy) is 1. The van der Waals surface area contributed by atoms with Crippen molar-refractivity contribution in [3.8, 4) is 17.9 Å². The van der Waals surface area contributed by atoms with Crippen LogP contribution in [-0.2, 0) is 4.74 Å². The molecule has 0 unspecified atom stereocenters. The molecule has 4 nitrogen and oxygen atoms in total. The molecule has 0 amide bonds. The first-order chi connectivity index (χ1) is 12.8. The minimum atomic E-state index is -0.325. The summed E-state index contributed by atoms with van der Waals surface area (Å²) in [7, 11) is 0. The van der Waals surface area contributed by atoms with Crippen LogP contribution in [0.2, 0.25) is 0 Å². The molecule has 1 aromatic rings. The summed E-state index contributed by atoms with van der Waals surface area (Å²) in [5, 5.41) is 8.79. The second kappa shape index (κ2) is 9.72. The highest BCUT2D eigenvalue weighted by atomic mass is 16.5. The topological polar surface area (TPSA) is 49.1 Å². The van der Waals surface area contributed by atoms with Crippen molar-refractivity contribution in [3.05, 3.63) is 30.1 Å². The maximum absolute atomic E-state index is 8.79. The number of piperidine rings is 1. The highest BCUT2D eigenvalue weighted by Gasteiger charge is 2.31. The Balaban J connectivity index is 1.66. The van der Waals surface area contributed by atoms with Gasteiger partial charge in [-0.2, -0.15) is 5.26 Å². The number of rotatable bonds is 5. The molecule has 1 aliphatic carbocycles. The Hall–Kier alpha value is -1.88. The molecule has 138 valence electrons. The molecule has 1 saturated carbocycles. The van der Waals surface area contributed by atoms with Gasteiger partial charge in [0.15, 0.2) is 0 Å². The van der Waals surface area contributed by atoms with Crippen molar-refractivity contribution in [2.75, 3.05) is 19.7 Å². The lowest BCUT2D eigenvalue weighted by Gasteiger charge is -2.35. The van der Waals surface area contributed by atoms with Crippen LogP contribution in [0.3, 0.4) is 0 Å². The lowest BCUT2D eigenvalue weighted by atomic mass is 9.85. The quantitative estimate of drug-likeness (QED) is 0.588. The van der Waals surface area contributed by atoms with Gasteiger partial charge >= 0.3 is 0 Å². The van der Waals surface area contributed by atoms with Crippen molar-refractivity contribution in [2.45, 2.75) is 69.4 Å². The van der Waals surface area contributed by atoms with Gasteiger partial charge in [-0.3, -0.25) is 9.88 Å². The minimum absolute atomic E-state index is 0.325. The zero-order chi connectivity index (χ0) is 18.1. The van der Waals surface area contributed by atoms with Crippen LogP contribution in [0.25, 0.3) is 0 Å². The van der Waals surface area contributed by atoms with Crippen LogP contribution in [0.5, 0.6) is 0 Å². The summed E-state index contributed by atoms with van der Waals surface area (Å²) in [5.41, 5.74) is 0.973. The SMILES string of the molecule is N#CCCOC1(C#CCN2CCCC[C@H]2c2cccnc2)CCCCC1. The van der Waals surface area contributed by atoms with E-state index in [0.29, 0.717) is 19.1 Å². The van der Waals surface area contributed by atoms with Crippen molar-refractivity contribution < 1.29 is 4.74 Å². The van der Waals surface area contributed by atoms with Gasteiger partial charge in [0.1, 0.15) is 5.60 Å². The van der Waals surface area contributed by atoms with Gasteiger partial charge < -0.3 is 4.74 Å². The predicted octanol–water partition coefficient (Wildman–Crippen LogP) is 4.25. The minimum Gasteiger partial charge on any atom is -0.361 e. The molecule has 4 heteroatoms. The zero-order valence-corrected chi connectivity index (χ0v) is 15.6. The zero-order valence-electron chi connectivity index (χ0n) is 15.6. The molecular weight excluding hydrogens is 322 g/mol. The second-order valence-corrected chi connectivity index (χ2v) is 7.38. The lowest BCUT2D eigenvalue weighted by molar-refractivity contribution is -0.0233. The predicted molar refractivity (Wildman–Crippen MR) is 102 cm³/mol. The smallest absolute Gasteiger partial charge is 0.128 e. The normalized spacial score (nSPS) is 22.8. The van der Waals surface area contributed by atoms with E-state index in [1.165, 1.54) is 44.1 Å². The molecule has 2 aliphatic rings. The van der Waals surface area contributed by atoms with E-state index in [1.807, 2.05) is 18.5 Å². The van der Waals surface area contributed by atoms with Crippen molar-refractivity contribution in [1.29, 1.82) is 5.26 Å². The monoisotopic (exact) mass is 351 g/mol. The molecule has 1 aromatic heterocycles. The summed E-state index contributed by atoms with van der Waals surface area (Å²) in [5.74, 6) is 6.91. The summed E-state index contributed by atoms with van der Waals surface area (Å²) in [4.78, 5) is 6.78.